The van der Waals surface area contributed by atoms with Crippen molar-refractivity contribution >= 4 is 23.8 Å². The van der Waals surface area contributed by atoms with E-state index in [1.54, 1.807) is 24.6 Å². The molecule has 6 nitrogen and oxygen atoms in total. The van der Waals surface area contributed by atoms with Crippen LogP contribution in [0.1, 0.15) is 38.8 Å². The van der Waals surface area contributed by atoms with Crippen LogP contribution in [0.2, 0.25) is 0 Å². The summed E-state index contributed by atoms with van der Waals surface area (Å²) in [6.45, 7) is 12.7. The molecule has 2 aromatic carbocycles. The molecule has 0 saturated heterocycles. The van der Waals surface area contributed by atoms with Crippen LogP contribution in [0.5, 0.6) is 11.5 Å². The molecule has 0 aliphatic heterocycles. The fourth-order valence-electron chi connectivity index (χ4n) is 3.27. The molecule has 0 aliphatic carbocycles. The number of anilines is 2. The van der Waals surface area contributed by atoms with Gasteiger partial charge in [0.05, 0.1) is 13.1 Å². The van der Waals surface area contributed by atoms with E-state index in [1.807, 2.05) is 24.3 Å². The van der Waals surface area contributed by atoms with E-state index in [2.05, 4.69) is 47.5 Å². The first kappa shape index (κ1) is 26.5. The van der Waals surface area contributed by atoms with E-state index >= 15 is 0 Å². The maximum absolute atomic E-state index is 12.3. The topological polar surface area (TPSA) is 77.3 Å². The molecule has 0 heterocycles. The summed E-state index contributed by atoms with van der Waals surface area (Å²) in [6, 6.07) is 10.8. The van der Waals surface area contributed by atoms with Crippen LogP contribution < -0.4 is 20.0 Å². The van der Waals surface area contributed by atoms with Gasteiger partial charge in [-0.1, -0.05) is 23.6 Å². The average molecular weight is 463 g/mol. The molecule has 0 bridgehead atoms. The van der Waals surface area contributed by atoms with Crippen LogP contribution in [0.3, 0.4) is 0 Å². The maximum atomic E-state index is 12.3. The van der Waals surface area contributed by atoms with Gasteiger partial charge in [-0.15, -0.1) is 0 Å². The quantitative estimate of drug-likeness (QED) is 0.292. The second kappa shape index (κ2) is 13.7. The Labute approximate surface area is 196 Å². The molecule has 0 amide bonds. The molecule has 0 aromatic heterocycles. The first-order chi connectivity index (χ1) is 14.5. The minimum atomic E-state index is -0.0315. The van der Waals surface area contributed by atoms with Crippen molar-refractivity contribution in [2.75, 3.05) is 49.1 Å². The summed E-state index contributed by atoms with van der Waals surface area (Å²) in [5.74, 6) is -0.0631. The first-order valence-electron chi connectivity index (χ1n) is 10.7. The van der Waals surface area contributed by atoms with Crippen LogP contribution in [-0.2, 0) is 17.1 Å². The molecule has 0 radical (unpaired) electrons. The summed E-state index contributed by atoms with van der Waals surface area (Å²) in [6.07, 6.45) is 3.20. The second-order valence-corrected chi connectivity index (χ2v) is 6.86. The Balaban J connectivity index is 0.00000480. The SMILES string of the molecule is CCN(CC)c1ccc(C=NCCN=Cc2ccc(N(CC)CC)cc2[O-])c([O-])c1.[Mn+3]. The van der Waals surface area contributed by atoms with Gasteiger partial charge in [-0.2, -0.15) is 0 Å². The molecule has 31 heavy (non-hydrogen) atoms. The summed E-state index contributed by atoms with van der Waals surface area (Å²) in [4.78, 5) is 12.9. The summed E-state index contributed by atoms with van der Waals surface area (Å²) in [5.41, 5.74) is 3.02. The van der Waals surface area contributed by atoms with E-state index < -0.39 is 0 Å². The molecule has 0 aliphatic rings. The van der Waals surface area contributed by atoms with Crippen LogP contribution in [0, 0.1) is 0 Å². The van der Waals surface area contributed by atoms with Crippen LogP contribution in [0.15, 0.2) is 46.4 Å². The van der Waals surface area contributed by atoms with Gasteiger partial charge in [0.2, 0.25) is 0 Å². The molecule has 2 rings (SSSR count). The summed E-state index contributed by atoms with van der Waals surface area (Å²) < 4.78 is 0. The van der Waals surface area contributed by atoms with Crippen molar-refractivity contribution in [3.05, 3.63) is 47.5 Å². The van der Waals surface area contributed by atoms with Gasteiger partial charge in [0.25, 0.3) is 0 Å². The maximum Gasteiger partial charge on any atom is 3.00 e. The zero-order chi connectivity index (χ0) is 21.9. The smallest absolute Gasteiger partial charge is 0.872 e. The molecule has 0 atom stereocenters. The number of benzene rings is 2. The summed E-state index contributed by atoms with van der Waals surface area (Å²) in [7, 11) is 0. The number of nitrogens with zero attached hydrogens (tertiary/aromatic N) is 4. The van der Waals surface area contributed by atoms with Crippen molar-refractivity contribution in [2.45, 2.75) is 27.7 Å². The van der Waals surface area contributed by atoms with Crippen LogP contribution >= 0.6 is 0 Å². The molecule has 0 fully saturated rings. The molecular formula is C24H32MnN4O2+. The third-order valence-electron chi connectivity index (χ3n) is 5.07. The number of rotatable bonds is 11. The molecule has 0 spiro atoms. The summed E-state index contributed by atoms with van der Waals surface area (Å²) >= 11 is 0. The van der Waals surface area contributed by atoms with Crippen molar-refractivity contribution in [2.24, 2.45) is 9.98 Å². The Morgan fingerprint density at radius 3 is 1.32 bits per heavy atom. The molecule has 0 unspecified atom stereocenters. The predicted molar refractivity (Wildman–Crippen MR) is 124 cm³/mol. The number of aliphatic imine (C=N–C) groups is 2. The van der Waals surface area contributed by atoms with E-state index in [-0.39, 0.29) is 28.6 Å². The Morgan fingerprint density at radius 1 is 0.677 bits per heavy atom. The average Bonchev–Trinajstić information content (AvgIpc) is 2.75. The van der Waals surface area contributed by atoms with E-state index in [0.717, 1.165) is 37.6 Å². The first-order valence-corrected chi connectivity index (χ1v) is 10.7. The van der Waals surface area contributed by atoms with Crippen molar-refractivity contribution in [3.63, 3.8) is 0 Å². The molecule has 0 saturated carbocycles. The molecule has 166 valence electrons. The fraction of sp³-hybridized carbons (Fsp3) is 0.417. The van der Waals surface area contributed by atoms with Crippen LogP contribution in [0.25, 0.3) is 0 Å². The zero-order valence-electron chi connectivity index (χ0n) is 18.8. The van der Waals surface area contributed by atoms with Gasteiger partial charge in [0, 0.05) is 50.0 Å². The van der Waals surface area contributed by atoms with E-state index in [4.69, 9.17) is 0 Å². The van der Waals surface area contributed by atoms with Crippen molar-refractivity contribution in [1.29, 1.82) is 0 Å². The van der Waals surface area contributed by atoms with Crippen molar-refractivity contribution < 1.29 is 27.3 Å². The molecule has 7 heteroatoms. The molecule has 2 aromatic rings. The van der Waals surface area contributed by atoms with Gasteiger partial charge in [0.1, 0.15) is 0 Å². The van der Waals surface area contributed by atoms with Crippen LogP contribution in [0.4, 0.5) is 11.4 Å². The largest absolute Gasteiger partial charge is 3.00 e. The Morgan fingerprint density at radius 2 is 1.03 bits per heavy atom. The Kier molecular flexibility index (Phi) is 11.8. The van der Waals surface area contributed by atoms with Gasteiger partial charge in [0.15, 0.2) is 0 Å². The van der Waals surface area contributed by atoms with Crippen LogP contribution in [-0.4, -0.2) is 51.7 Å². The minimum absolute atomic E-state index is 0. The molecular weight excluding hydrogens is 431 g/mol. The number of hydrogen-bond acceptors (Lipinski definition) is 6. The van der Waals surface area contributed by atoms with Gasteiger partial charge in [-0.25, -0.2) is 0 Å². The molecule has 0 N–H and O–H groups in total. The normalized spacial score (nSPS) is 11.1. The monoisotopic (exact) mass is 463 g/mol. The minimum Gasteiger partial charge on any atom is -0.872 e. The predicted octanol–water partition coefficient (Wildman–Crippen LogP) is 3.06. The summed E-state index contributed by atoms with van der Waals surface area (Å²) in [5, 5.41) is 24.5. The fourth-order valence-corrected chi connectivity index (χ4v) is 3.27. The third-order valence-corrected chi connectivity index (χ3v) is 5.07. The number of hydrogen-bond donors (Lipinski definition) is 0. The van der Waals surface area contributed by atoms with E-state index in [0.29, 0.717) is 24.2 Å². The third kappa shape index (κ3) is 7.60. The van der Waals surface area contributed by atoms with Gasteiger partial charge in [-0.05, 0) is 63.1 Å². The Bertz CT molecular complexity index is 791. The van der Waals surface area contributed by atoms with E-state index in [1.165, 1.54) is 0 Å². The zero-order valence-corrected chi connectivity index (χ0v) is 20.0. The van der Waals surface area contributed by atoms with Gasteiger partial charge >= 0.3 is 17.1 Å². The van der Waals surface area contributed by atoms with Gasteiger partial charge in [-0.3, -0.25) is 9.98 Å². The van der Waals surface area contributed by atoms with Crippen molar-refractivity contribution in [1.82, 2.24) is 0 Å². The van der Waals surface area contributed by atoms with E-state index in [9.17, 15) is 10.2 Å². The van der Waals surface area contributed by atoms with Gasteiger partial charge < -0.3 is 20.0 Å². The van der Waals surface area contributed by atoms with Crippen molar-refractivity contribution in [3.8, 4) is 11.5 Å². The second-order valence-electron chi connectivity index (χ2n) is 6.86. The Hall–Kier alpha value is -2.50. The standard InChI is InChI=1S/C24H34N4O2.Mn/c1-5-27(6-2)21-11-9-19(23(29)15-21)17-25-13-14-26-18-20-10-12-22(16-24(20)30)28(7-3)8-4;/h9-12,15-18,29-30H,5-8,13-14H2,1-4H3;/q;+3/p-2.